The average molecular weight is 404 g/mol. The molecule has 0 aromatic heterocycles. The van der Waals surface area contributed by atoms with Crippen LogP contribution in [0.15, 0.2) is 42.5 Å². The van der Waals surface area contributed by atoms with Gasteiger partial charge in [-0.05, 0) is 79.7 Å². The van der Waals surface area contributed by atoms with Crippen molar-refractivity contribution in [2.24, 2.45) is 5.92 Å². The Morgan fingerprint density at radius 3 is 2.33 bits per heavy atom. The summed E-state index contributed by atoms with van der Waals surface area (Å²) in [6.07, 6.45) is 9.53. The Balaban J connectivity index is 1.53. The maximum Gasteiger partial charge on any atom is 0.314 e. The summed E-state index contributed by atoms with van der Waals surface area (Å²) in [5, 5.41) is 9.36. The molecule has 0 N–H and O–H groups in total. The quantitative estimate of drug-likeness (QED) is 0.279. The maximum absolute atomic E-state index is 12.7. The molecular formula is C27H33NO2. The van der Waals surface area contributed by atoms with Crippen molar-refractivity contribution in [2.75, 3.05) is 0 Å². The van der Waals surface area contributed by atoms with E-state index < -0.39 is 0 Å². The number of nitrogens with zero attached hydrogens (tertiary/aromatic N) is 1. The zero-order valence-electron chi connectivity index (χ0n) is 18.3. The molecule has 0 amide bonds. The molecule has 1 aliphatic rings. The van der Waals surface area contributed by atoms with E-state index in [2.05, 4.69) is 37.3 Å². The van der Waals surface area contributed by atoms with Crippen molar-refractivity contribution in [1.29, 1.82) is 5.26 Å². The Hall–Kier alpha value is -2.60. The highest BCUT2D eigenvalue weighted by atomic mass is 16.5. The second-order valence-corrected chi connectivity index (χ2v) is 8.46. The fraction of sp³-hybridized carbons (Fsp3) is 0.481. The minimum atomic E-state index is -0.194. The average Bonchev–Trinajstić information content (AvgIpc) is 2.80. The Labute approximate surface area is 181 Å². The van der Waals surface area contributed by atoms with E-state index in [1.807, 2.05) is 19.1 Å². The van der Waals surface area contributed by atoms with Gasteiger partial charge < -0.3 is 4.74 Å². The van der Waals surface area contributed by atoms with Crippen molar-refractivity contribution in [3.63, 3.8) is 0 Å². The first-order chi connectivity index (χ1) is 14.6. The zero-order chi connectivity index (χ0) is 21.3. The number of benzene rings is 2. The van der Waals surface area contributed by atoms with Gasteiger partial charge in [0.05, 0.1) is 11.5 Å². The molecule has 0 bridgehead atoms. The Morgan fingerprint density at radius 2 is 1.70 bits per heavy atom. The lowest BCUT2D eigenvalue weighted by atomic mass is 9.78. The number of unbranched alkanes of at least 4 members (excludes halogenated alkanes) is 2. The molecule has 2 aromatic rings. The molecule has 30 heavy (non-hydrogen) atoms. The van der Waals surface area contributed by atoms with Crippen molar-refractivity contribution in [1.82, 2.24) is 0 Å². The van der Waals surface area contributed by atoms with Crippen molar-refractivity contribution < 1.29 is 9.53 Å². The van der Waals surface area contributed by atoms with Crippen LogP contribution in [0.1, 0.15) is 87.0 Å². The van der Waals surface area contributed by atoms with E-state index in [4.69, 9.17) is 4.74 Å². The lowest BCUT2D eigenvalue weighted by Crippen LogP contribution is -2.25. The largest absolute Gasteiger partial charge is 0.425 e. The molecule has 0 saturated heterocycles. The predicted molar refractivity (Wildman–Crippen MR) is 121 cm³/mol. The van der Waals surface area contributed by atoms with Crippen LogP contribution in [0.4, 0.5) is 0 Å². The second kappa shape index (κ2) is 11.0. The predicted octanol–water partition coefficient (Wildman–Crippen LogP) is 6.73. The molecule has 3 rings (SSSR count). The summed E-state index contributed by atoms with van der Waals surface area (Å²) < 4.78 is 5.62. The highest BCUT2D eigenvalue weighted by Gasteiger charge is 2.29. The lowest BCUT2D eigenvalue weighted by Gasteiger charge is -2.27. The van der Waals surface area contributed by atoms with E-state index in [1.54, 1.807) is 6.07 Å². The molecular weight excluding hydrogens is 370 g/mol. The number of esters is 1. The number of ether oxygens (including phenoxy) is 1. The zero-order valence-corrected chi connectivity index (χ0v) is 18.3. The number of rotatable bonds is 8. The highest BCUT2D eigenvalue weighted by Crippen LogP contribution is 2.36. The molecule has 0 aliphatic heterocycles. The van der Waals surface area contributed by atoms with E-state index in [9.17, 15) is 10.1 Å². The number of carbonyl (C=O) groups is 1. The van der Waals surface area contributed by atoms with Crippen LogP contribution in [0.3, 0.4) is 0 Å². The van der Waals surface area contributed by atoms with Gasteiger partial charge in [-0.25, -0.2) is 0 Å². The lowest BCUT2D eigenvalue weighted by molar-refractivity contribution is -0.140. The first-order valence-corrected chi connectivity index (χ1v) is 11.5. The van der Waals surface area contributed by atoms with Crippen LogP contribution in [-0.4, -0.2) is 5.97 Å². The molecule has 1 fully saturated rings. The third-order valence-corrected chi connectivity index (χ3v) is 6.36. The van der Waals surface area contributed by atoms with Gasteiger partial charge in [0.25, 0.3) is 0 Å². The third-order valence-electron chi connectivity index (χ3n) is 6.36. The normalized spacial score (nSPS) is 18.6. The summed E-state index contributed by atoms with van der Waals surface area (Å²) in [5.41, 5.74) is 4.33. The number of aryl methyl sites for hydroxylation is 2. The molecule has 0 spiro atoms. The number of hydrogen-bond donors (Lipinski definition) is 0. The molecule has 0 radical (unpaired) electrons. The van der Waals surface area contributed by atoms with E-state index in [-0.39, 0.29) is 11.9 Å². The topological polar surface area (TPSA) is 50.1 Å². The van der Waals surface area contributed by atoms with Crippen LogP contribution in [-0.2, 0) is 17.6 Å². The highest BCUT2D eigenvalue weighted by molar-refractivity contribution is 5.76. The van der Waals surface area contributed by atoms with Gasteiger partial charge in [0.1, 0.15) is 11.8 Å². The number of carbonyl (C=O) groups excluding carboxylic acids is 1. The molecule has 3 heteroatoms. The molecule has 158 valence electrons. The van der Waals surface area contributed by atoms with Crippen LogP contribution < -0.4 is 4.74 Å². The SMILES string of the molecule is CCCCCc1ccc(C2CCC(C(=O)Oc3ccc(CC)cc3C#N)CC2)cc1. The van der Waals surface area contributed by atoms with Gasteiger partial charge in [-0.3, -0.25) is 4.79 Å². The summed E-state index contributed by atoms with van der Waals surface area (Å²) in [7, 11) is 0. The molecule has 1 aliphatic carbocycles. The van der Waals surface area contributed by atoms with Crippen molar-refractivity contribution in [2.45, 2.75) is 77.6 Å². The number of nitriles is 1. The smallest absolute Gasteiger partial charge is 0.314 e. The molecule has 3 nitrogen and oxygen atoms in total. The summed E-state index contributed by atoms with van der Waals surface area (Å²) in [5.74, 6) is 0.644. The van der Waals surface area contributed by atoms with E-state index >= 15 is 0 Å². The van der Waals surface area contributed by atoms with Crippen molar-refractivity contribution in [3.05, 3.63) is 64.7 Å². The number of hydrogen-bond acceptors (Lipinski definition) is 3. The van der Waals surface area contributed by atoms with Crippen LogP contribution >= 0.6 is 0 Å². The summed E-state index contributed by atoms with van der Waals surface area (Å²) in [4.78, 5) is 12.7. The fourth-order valence-corrected chi connectivity index (χ4v) is 4.36. The Kier molecular flexibility index (Phi) is 8.08. The molecule has 2 aromatic carbocycles. The first-order valence-electron chi connectivity index (χ1n) is 11.5. The monoisotopic (exact) mass is 403 g/mol. The van der Waals surface area contributed by atoms with Crippen LogP contribution in [0.2, 0.25) is 0 Å². The summed E-state index contributed by atoms with van der Waals surface area (Å²) in [6.45, 7) is 4.28. The molecule has 0 atom stereocenters. The standard InChI is InChI=1S/C27H33NO2/c1-3-5-6-7-21-8-11-22(12-9-21)23-13-15-24(16-14-23)27(29)30-26-17-10-20(4-2)18-25(26)19-28/h8-12,17-18,23-24H,3-7,13-16H2,1-2H3. The molecule has 1 saturated carbocycles. The van der Waals surface area contributed by atoms with Gasteiger partial charge in [0, 0.05) is 0 Å². The van der Waals surface area contributed by atoms with Gasteiger partial charge in [-0.2, -0.15) is 5.26 Å². The van der Waals surface area contributed by atoms with Crippen LogP contribution in [0.5, 0.6) is 5.75 Å². The van der Waals surface area contributed by atoms with E-state index in [1.165, 1.54) is 30.4 Å². The van der Waals surface area contributed by atoms with Gasteiger partial charge >= 0.3 is 5.97 Å². The van der Waals surface area contributed by atoms with E-state index in [0.29, 0.717) is 17.2 Å². The fourth-order valence-electron chi connectivity index (χ4n) is 4.36. The molecule has 0 unspecified atom stereocenters. The Morgan fingerprint density at radius 1 is 1.00 bits per heavy atom. The van der Waals surface area contributed by atoms with Gasteiger partial charge in [-0.1, -0.05) is 57.0 Å². The van der Waals surface area contributed by atoms with E-state index in [0.717, 1.165) is 44.1 Å². The summed E-state index contributed by atoms with van der Waals surface area (Å²) >= 11 is 0. The van der Waals surface area contributed by atoms with Crippen LogP contribution in [0, 0.1) is 17.2 Å². The minimum absolute atomic E-state index is 0.0769. The second-order valence-electron chi connectivity index (χ2n) is 8.46. The maximum atomic E-state index is 12.7. The minimum Gasteiger partial charge on any atom is -0.425 e. The van der Waals surface area contributed by atoms with Crippen molar-refractivity contribution >= 4 is 5.97 Å². The summed E-state index contributed by atoms with van der Waals surface area (Å²) in [6, 6.07) is 16.7. The molecule has 0 heterocycles. The van der Waals surface area contributed by atoms with Gasteiger partial charge in [-0.15, -0.1) is 0 Å². The van der Waals surface area contributed by atoms with Gasteiger partial charge in [0.15, 0.2) is 0 Å². The third kappa shape index (κ3) is 5.72. The van der Waals surface area contributed by atoms with Crippen LogP contribution in [0.25, 0.3) is 0 Å². The first kappa shape index (κ1) is 22.1. The van der Waals surface area contributed by atoms with Gasteiger partial charge in [0.2, 0.25) is 0 Å². The van der Waals surface area contributed by atoms with Crippen molar-refractivity contribution in [3.8, 4) is 11.8 Å². The Bertz CT molecular complexity index is 871.